The van der Waals surface area contributed by atoms with Crippen molar-refractivity contribution in [3.05, 3.63) is 27.0 Å². The maximum atomic E-state index is 5.88. The van der Waals surface area contributed by atoms with Crippen LogP contribution in [-0.2, 0) is 4.74 Å². The molecule has 0 aliphatic heterocycles. The molecule has 0 saturated heterocycles. The highest BCUT2D eigenvalue weighted by Gasteiger charge is 2.45. The molecule has 0 saturated carbocycles. The van der Waals surface area contributed by atoms with Gasteiger partial charge in [-0.1, -0.05) is 31.4 Å². The molecule has 1 heterocycles. The van der Waals surface area contributed by atoms with Gasteiger partial charge in [0.1, 0.15) is 8.24 Å². The van der Waals surface area contributed by atoms with Crippen molar-refractivity contribution in [1.82, 2.24) is 4.98 Å². The summed E-state index contributed by atoms with van der Waals surface area (Å²) in [6, 6.07) is 3.76. The molecule has 1 aliphatic carbocycles. The van der Waals surface area contributed by atoms with E-state index < -0.39 is 8.24 Å². The quantitative estimate of drug-likeness (QED) is 0.315. The highest BCUT2D eigenvalue weighted by Crippen LogP contribution is 2.50. The van der Waals surface area contributed by atoms with Crippen LogP contribution in [0.5, 0.6) is 0 Å². The molecule has 1 aromatic heterocycles. The van der Waals surface area contributed by atoms with Crippen LogP contribution in [-0.4, -0.2) is 26.0 Å². The Labute approximate surface area is 185 Å². The van der Waals surface area contributed by atoms with Gasteiger partial charge in [0.15, 0.2) is 0 Å². The molecule has 0 spiro atoms. The van der Waals surface area contributed by atoms with E-state index in [0.717, 1.165) is 6.61 Å². The molecular formula is C25H45NOSSi. The van der Waals surface area contributed by atoms with E-state index >= 15 is 0 Å². The molecule has 4 heteroatoms. The Kier molecular flexibility index (Phi) is 8.03. The molecule has 2 rings (SSSR count). The Morgan fingerprint density at radius 3 is 2.21 bits per heavy atom. The Balaban J connectivity index is 2.06. The summed E-state index contributed by atoms with van der Waals surface area (Å²) >= 11 is 2.03. The summed E-state index contributed by atoms with van der Waals surface area (Å²) in [7, 11) is -1.72. The maximum absolute atomic E-state index is 5.88. The average Bonchev–Trinajstić information content (AvgIpc) is 3.01. The van der Waals surface area contributed by atoms with E-state index in [-0.39, 0.29) is 11.1 Å². The van der Waals surface area contributed by atoms with Crippen molar-refractivity contribution in [2.24, 2.45) is 0 Å². The topological polar surface area (TPSA) is 21.3 Å². The van der Waals surface area contributed by atoms with Crippen molar-refractivity contribution >= 4 is 25.1 Å². The van der Waals surface area contributed by atoms with Crippen molar-refractivity contribution in [2.75, 3.05) is 6.61 Å². The first-order valence-electron chi connectivity index (χ1n) is 11.4. The lowest BCUT2D eigenvalue weighted by Crippen LogP contribution is -2.60. The third kappa shape index (κ3) is 6.78. The van der Waals surface area contributed by atoms with Crippen molar-refractivity contribution in [3.8, 4) is 0 Å². The number of unbranched alkanes of at least 4 members (excludes halogenated alkanes) is 3. The first kappa shape index (κ1) is 24.8. The van der Waals surface area contributed by atoms with Crippen LogP contribution in [0.2, 0.25) is 12.6 Å². The van der Waals surface area contributed by atoms with Crippen LogP contribution in [0.3, 0.4) is 0 Å². The van der Waals surface area contributed by atoms with E-state index in [1.54, 1.807) is 10.5 Å². The number of ether oxygens (including phenoxy) is 1. The lowest BCUT2D eigenvalue weighted by molar-refractivity contribution is -0.00471. The SMILES string of the molecule is CC1=C(C)C([Si](C)(CCCCCCOC(C)(C)C)NC(C)(C)C)c2sc(C)cc21. The molecule has 0 aromatic carbocycles. The molecule has 0 radical (unpaired) electrons. The highest BCUT2D eigenvalue weighted by molar-refractivity contribution is 7.13. The normalized spacial score (nSPS) is 19.6. The van der Waals surface area contributed by atoms with Crippen molar-refractivity contribution in [2.45, 2.75) is 117 Å². The van der Waals surface area contributed by atoms with Crippen molar-refractivity contribution < 1.29 is 4.74 Å². The first-order chi connectivity index (χ1) is 13.2. The fourth-order valence-corrected chi connectivity index (χ4v) is 12.2. The molecule has 29 heavy (non-hydrogen) atoms. The molecule has 1 aliphatic rings. The Morgan fingerprint density at radius 1 is 1.00 bits per heavy atom. The minimum absolute atomic E-state index is 0.0111. The predicted molar refractivity (Wildman–Crippen MR) is 134 cm³/mol. The average molecular weight is 436 g/mol. The van der Waals surface area contributed by atoms with E-state index in [1.165, 1.54) is 47.7 Å². The largest absolute Gasteiger partial charge is 0.376 e. The van der Waals surface area contributed by atoms with E-state index in [9.17, 15) is 0 Å². The number of aryl methyl sites for hydroxylation is 1. The van der Waals surface area contributed by atoms with E-state index in [4.69, 9.17) is 4.74 Å². The summed E-state index contributed by atoms with van der Waals surface area (Å²) in [5.74, 6) is 0. The fraction of sp³-hybridized carbons (Fsp3) is 0.760. The van der Waals surface area contributed by atoms with E-state index in [1.807, 2.05) is 11.3 Å². The summed E-state index contributed by atoms with van der Waals surface area (Å²) in [4.78, 5) is 7.28. The van der Waals surface area contributed by atoms with Gasteiger partial charge >= 0.3 is 0 Å². The van der Waals surface area contributed by atoms with E-state index in [0.29, 0.717) is 5.54 Å². The number of thiophene rings is 1. The van der Waals surface area contributed by atoms with Gasteiger partial charge in [-0.2, -0.15) is 0 Å². The van der Waals surface area contributed by atoms with Gasteiger partial charge in [-0.15, -0.1) is 11.3 Å². The molecule has 1 aromatic rings. The monoisotopic (exact) mass is 435 g/mol. The number of hydrogen-bond donors (Lipinski definition) is 1. The van der Waals surface area contributed by atoms with Crippen LogP contribution in [0.15, 0.2) is 11.6 Å². The molecule has 2 nitrogen and oxygen atoms in total. The minimum Gasteiger partial charge on any atom is -0.376 e. The Bertz CT molecular complexity index is 722. The van der Waals surface area contributed by atoms with Crippen LogP contribution >= 0.6 is 11.3 Å². The van der Waals surface area contributed by atoms with Crippen LogP contribution in [0.25, 0.3) is 5.57 Å². The van der Waals surface area contributed by atoms with Gasteiger partial charge in [0.05, 0.1) is 5.60 Å². The number of fused-ring (bicyclic) bond motifs is 1. The summed E-state index contributed by atoms with van der Waals surface area (Å²) in [6.07, 6.45) is 5.09. The van der Waals surface area contributed by atoms with E-state index in [2.05, 4.69) is 79.9 Å². The Morgan fingerprint density at radius 2 is 1.62 bits per heavy atom. The van der Waals surface area contributed by atoms with Gasteiger partial charge in [0.2, 0.25) is 0 Å². The molecular weight excluding hydrogens is 390 g/mol. The lowest BCUT2D eigenvalue weighted by atomic mass is 10.1. The van der Waals surface area contributed by atoms with Crippen LogP contribution in [0.1, 0.15) is 102 Å². The second-order valence-corrected chi connectivity index (χ2v) is 16.7. The second kappa shape index (κ2) is 9.38. The van der Waals surface area contributed by atoms with Crippen LogP contribution in [0.4, 0.5) is 0 Å². The molecule has 2 unspecified atom stereocenters. The molecule has 166 valence electrons. The van der Waals surface area contributed by atoms with Crippen LogP contribution in [0, 0.1) is 6.92 Å². The lowest BCUT2D eigenvalue weighted by Gasteiger charge is -2.41. The number of allylic oxidation sites excluding steroid dienone is 2. The molecule has 0 amide bonds. The summed E-state index contributed by atoms with van der Waals surface area (Å²) in [5, 5.41) is 0. The highest BCUT2D eigenvalue weighted by atomic mass is 32.1. The smallest absolute Gasteiger partial charge is 0.135 e. The first-order valence-corrected chi connectivity index (χ1v) is 15.0. The van der Waals surface area contributed by atoms with Gasteiger partial charge in [-0.25, -0.2) is 0 Å². The third-order valence-electron chi connectivity index (χ3n) is 6.00. The zero-order chi connectivity index (χ0) is 22.0. The van der Waals surface area contributed by atoms with Gasteiger partial charge in [-0.05, 0) is 92.0 Å². The summed E-state index contributed by atoms with van der Waals surface area (Å²) in [6.45, 7) is 23.9. The zero-order valence-corrected chi connectivity index (χ0v) is 22.5. The van der Waals surface area contributed by atoms with Gasteiger partial charge < -0.3 is 9.72 Å². The maximum Gasteiger partial charge on any atom is 0.135 e. The Hall–Kier alpha value is -0.423. The zero-order valence-electron chi connectivity index (χ0n) is 20.7. The summed E-state index contributed by atoms with van der Waals surface area (Å²) in [5.41, 5.74) is 5.45. The van der Waals surface area contributed by atoms with Gasteiger partial charge in [-0.3, -0.25) is 0 Å². The molecule has 0 bridgehead atoms. The molecule has 1 N–H and O–H groups in total. The number of nitrogens with one attached hydrogen (secondary N) is 1. The fourth-order valence-electron chi connectivity index (χ4n) is 4.89. The summed E-state index contributed by atoms with van der Waals surface area (Å²) < 4.78 is 5.88. The second-order valence-electron chi connectivity index (χ2n) is 11.3. The standard InChI is InChI=1S/C25H45NOSSi/c1-18-17-21-19(2)20(3)23(22(21)28-18)29(10,26-24(4,5)6)16-14-12-11-13-15-27-25(7,8)9/h17,23,26H,11-16H2,1-10H3. The van der Waals surface area contributed by atoms with Crippen molar-refractivity contribution in [3.63, 3.8) is 0 Å². The van der Waals surface area contributed by atoms with Crippen LogP contribution < -0.4 is 4.98 Å². The molecule has 0 fully saturated rings. The number of rotatable bonds is 9. The van der Waals surface area contributed by atoms with Gasteiger partial charge in [0.25, 0.3) is 0 Å². The molecule has 2 atom stereocenters. The third-order valence-corrected chi connectivity index (χ3v) is 12.0. The number of hydrogen-bond acceptors (Lipinski definition) is 3. The minimum atomic E-state index is -1.72. The van der Waals surface area contributed by atoms with Gasteiger partial charge in [0, 0.05) is 27.4 Å². The predicted octanol–water partition coefficient (Wildman–Crippen LogP) is 7.83. The van der Waals surface area contributed by atoms with Crippen molar-refractivity contribution in [1.29, 1.82) is 0 Å².